The Morgan fingerprint density at radius 2 is 1.80 bits per heavy atom. The third kappa shape index (κ3) is 8.19. The third-order valence-electron chi connectivity index (χ3n) is 7.83. The average Bonchev–Trinajstić information content (AvgIpc) is 3.39. The highest BCUT2D eigenvalue weighted by atomic mass is 32.2. The molecule has 2 aromatic heterocycles. The summed E-state index contributed by atoms with van der Waals surface area (Å²) in [7, 11) is -3.32. The summed E-state index contributed by atoms with van der Waals surface area (Å²) in [5.74, 6) is 2.51. The number of fused-ring (bicyclic) bond motifs is 1. The van der Waals surface area contributed by atoms with E-state index in [1.54, 1.807) is 29.7 Å². The number of alkyl halides is 2. The first-order valence-corrected chi connectivity index (χ1v) is 17.0. The molecule has 260 valence electrons. The summed E-state index contributed by atoms with van der Waals surface area (Å²) >= 11 is 0. The number of nitrogens with two attached hydrogens (primary N) is 1. The van der Waals surface area contributed by atoms with Crippen molar-refractivity contribution in [2.24, 2.45) is 13.0 Å². The number of aryl methyl sites for hydroxylation is 1. The number of halogens is 3. The first-order valence-electron chi connectivity index (χ1n) is 15.5. The molecule has 1 fully saturated rings. The van der Waals surface area contributed by atoms with Crippen LogP contribution in [0.1, 0.15) is 57.8 Å². The van der Waals surface area contributed by atoms with Crippen molar-refractivity contribution >= 4 is 38.5 Å². The van der Waals surface area contributed by atoms with Gasteiger partial charge >= 0.3 is 11.9 Å². The highest BCUT2D eigenvalue weighted by Gasteiger charge is 2.28. The molecule has 0 radical (unpaired) electrons. The number of benzene rings is 2. The van der Waals surface area contributed by atoms with Gasteiger partial charge in [0, 0.05) is 37.8 Å². The molecule has 0 saturated carbocycles. The molecule has 1 aliphatic heterocycles. The fraction of sp³-hybridized carbons (Fsp3) is 0.382. The molecular formula is C34H37F3N6O5S. The van der Waals surface area contributed by atoms with Gasteiger partial charge in [0.2, 0.25) is 0 Å². The van der Waals surface area contributed by atoms with E-state index in [0.29, 0.717) is 59.2 Å². The molecule has 15 heteroatoms. The number of piperidine rings is 1. The van der Waals surface area contributed by atoms with Crippen LogP contribution in [0, 0.1) is 23.6 Å². The fourth-order valence-electron chi connectivity index (χ4n) is 5.38. The molecule has 49 heavy (non-hydrogen) atoms. The van der Waals surface area contributed by atoms with Gasteiger partial charge in [-0.05, 0) is 70.4 Å². The van der Waals surface area contributed by atoms with Gasteiger partial charge < -0.3 is 20.1 Å². The van der Waals surface area contributed by atoms with Crippen molar-refractivity contribution < 1.29 is 35.9 Å². The number of pyridine rings is 1. The number of hydrogen-bond donors (Lipinski definition) is 2. The first kappa shape index (κ1) is 35.3. The minimum absolute atomic E-state index is 0.0337. The van der Waals surface area contributed by atoms with Crippen LogP contribution in [0.3, 0.4) is 0 Å². The van der Waals surface area contributed by atoms with Gasteiger partial charge in [-0.2, -0.15) is 13.9 Å². The summed E-state index contributed by atoms with van der Waals surface area (Å²) in [5.41, 5.74) is 8.09. The van der Waals surface area contributed by atoms with Gasteiger partial charge in [0.25, 0.3) is 10.0 Å². The molecule has 1 aliphatic rings. The topological polar surface area (TPSA) is 142 Å². The van der Waals surface area contributed by atoms with Crippen molar-refractivity contribution in [1.82, 2.24) is 19.7 Å². The minimum Gasteiger partial charge on any atom is -0.484 e. The normalized spacial score (nSPS) is 14.8. The number of aromatic nitrogens is 3. The van der Waals surface area contributed by atoms with E-state index in [4.69, 9.17) is 15.2 Å². The number of hydrogen-bond acceptors (Lipinski definition) is 8. The van der Waals surface area contributed by atoms with Gasteiger partial charge in [0.1, 0.15) is 34.8 Å². The van der Waals surface area contributed by atoms with Crippen molar-refractivity contribution in [1.29, 1.82) is 0 Å². The van der Waals surface area contributed by atoms with E-state index >= 15 is 0 Å². The predicted octanol–water partition coefficient (Wildman–Crippen LogP) is 6.46. The fourth-order valence-corrected chi connectivity index (χ4v) is 5.95. The van der Waals surface area contributed by atoms with Gasteiger partial charge in [0.05, 0.1) is 22.2 Å². The number of carbonyl (C=O) groups excluding carboxylic acids is 1. The first-order chi connectivity index (χ1) is 23.0. The number of nitrogen functional groups attached to an aromatic ring is 1. The summed E-state index contributed by atoms with van der Waals surface area (Å²) < 4.78 is 79.3. The maximum Gasteiger partial charge on any atom is 0.410 e. The second-order valence-electron chi connectivity index (χ2n) is 12.7. The number of carbonyl (C=O) groups is 1. The molecule has 0 bridgehead atoms. The lowest BCUT2D eigenvalue weighted by atomic mass is 9.97. The van der Waals surface area contributed by atoms with E-state index in [1.807, 2.05) is 25.5 Å². The lowest BCUT2D eigenvalue weighted by Gasteiger charge is -2.31. The van der Waals surface area contributed by atoms with E-state index in [1.165, 1.54) is 42.5 Å². The molecule has 3 heterocycles. The zero-order chi connectivity index (χ0) is 35.7. The maximum atomic E-state index is 13.5. The zero-order valence-electron chi connectivity index (χ0n) is 27.6. The Labute approximate surface area is 282 Å². The van der Waals surface area contributed by atoms with Crippen molar-refractivity contribution in [3.05, 3.63) is 65.6 Å². The van der Waals surface area contributed by atoms with E-state index in [2.05, 4.69) is 21.9 Å². The average molecular weight is 699 g/mol. The molecule has 1 saturated heterocycles. The summed E-state index contributed by atoms with van der Waals surface area (Å²) in [6.07, 6.45) is 1.84. The quantitative estimate of drug-likeness (QED) is 0.210. The number of rotatable bonds is 7. The van der Waals surface area contributed by atoms with E-state index in [9.17, 15) is 26.4 Å². The maximum absolute atomic E-state index is 13.5. The number of nitrogens with one attached hydrogen (secondary N) is 1. The highest BCUT2D eigenvalue weighted by molar-refractivity contribution is 7.93. The number of amides is 1. The van der Waals surface area contributed by atoms with E-state index in [0.717, 1.165) is 0 Å². The molecule has 5 rings (SSSR count). The number of ether oxygens (including phenoxy) is 2. The van der Waals surface area contributed by atoms with Crippen molar-refractivity contribution in [2.45, 2.75) is 58.0 Å². The van der Waals surface area contributed by atoms with Gasteiger partial charge in [-0.25, -0.2) is 22.6 Å². The smallest absolute Gasteiger partial charge is 0.410 e. The molecule has 1 amide bonds. The molecule has 1 atom stereocenters. The van der Waals surface area contributed by atoms with Crippen LogP contribution < -0.4 is 15.2 Å². The SMILES string of the molecule is CC(Oc1cc(-c2nn(C)c3c(C#CC4CCN(C(=O)OC(C)(C)C)CC4)cnc(N)c23)ccc1NS(=O)(=O)C(F)F)c1ccc(F)cc1. The minimum atomic E-state index is -5.03. The molecule has 2 aromatic carbocycles. The number of likely N-dealkylation sites (tertiary alicyclic amines) is 1. The monoisotopic (exact) mass is 698 g/mol. The third-order valence-corrected chi connectivity index (χ3v) is 8.81. The van der Waals surface area contributed by atoms with Crippen LogP contribution in [0.5, 0.6) is 5.75 Å². The number of nitrogens with zero attached hydrogens (tertiary/aromatic N) is 4. The Kier molecular flexibility index (Phi) is 10.0. The van der Waals surface area contributed by atoms with Crippen LogP contribution in [0.15, 0.2) is 48.7 Å². The van der Waals surface area contributed by atoms with Crippen LogP contribution >= 0.6 is 0 Å². The van der Waals surface area contributed by atoms with E-state index < -0.39 is 33.3 Å². The van der Waals surface area contributed by atoms with Crippen LogP contribution in [-0.4, -0.2) is 58.6 Å². The van der Waals surface area contributed by atoms with Crippen molar-refractivity contribution in [3.63, 3.8) is 0 Å². The molecule has 0 spiro atoms. The molecule has 1 unspecified atom stereocenters. The Hall–Kier alpha value is -4.97. The Morgan fingerprint density at radius 1 is 1.12 bits per heavy atom. The second-order valence-corrected chi connectivity index (χ2v) is 14.3. The van der Waals surface area contributed by atoms with Crippen molar-refractivity contribution in [3.8, 4) is 28.8 Å². The summed E-state index contributed by atoms with van der Waals surface area (Å²) in [5, 5.41) is 5.15. The van der Waals surface area contributed by atoms with Crippen LogP contribution in [0.25, 0.3) is 22.2 Å². The number of sulfonamides is 1. The van der Waals surface area contributed by atoms with Crippen LogP contribution in [-0.2, 0) is 21.8 Å². The van der Waals surface area contributed by atoms with Gasteiger partial charge in [-0.15, -0.1) is 0 Å². The van der Waals surface area contributed by atoms with Gasteiger partial charge in [-0.3, -0.25) is 9.40 Å². The van der Waals surface area contributed by atoms with E-state index in [-0.39, 0.29) is 29.3 Å². The largest absolute Gasteiger partial charge is 0.484 e. The predicted molar refractivity (Wildman–Crippen MR) is 180 cm³/mol. The lowest BCUT2D eigenvalue weighted by molar-refractivity contribution is 0.0199. The van der Waals surface area contributed by atoms with Crippen LogP contribution in [0.4, 0.5) is 29.5 Å². The zero-order valence-corrected chi connectivity index (χ0v) is 28.4. The Balaban J connectivity index is 1.47. The van der Waals surface area contributed by atoms with Crippen LogP contribution in [0.2, 0.25) is 0 Å². The summed E-state index contributed by atoms with van der Waals surface area (Å²) in [6, 6.07) is 9.74. The molecule has 11 nitrogen and oxygen atoms in total. The molecular weight excluding hydrogens is 661 g/mol. The molecule has 3 N–H and O–H groups in total. The Bertz CT molecular complexity index is 2030. The van der Waals surface area contributed by atoms with Gasteiger partial charge in [-0.1, -0.05) is 30.0 Å². The summed E-state index contributed by atoms with van der Waals surface area (Å²) in [6.45, 7) is 8.17. The highest BCUT2D eigenvalue weighted by Crippen LogP contribution is 2.38. The molecule has 0 aliphatic carbocycles. The standard InChI is InChI=1S/C34H37F3N6O5S/c1-20(22-8-11-25(35)12-9-22)47-27-18-23(10-13-26(27)41-49(45,46)32(36)37)29-28-30(42(5)40-29)24(19-39-31(28)38)7-6-21-14-16-43(17-15-21)33(44)48-34(2,3)4/h8-13,18-21,32,41H,14-17H2,1-5H3,(H2,38,39). The molecule has 4 aromatic rings. The van der Waals surface area contributed by atoms with Gasteiger partial charge in [0.15, 0.2) is 0 Å². The van der Waals surface area contributed by atoms with Crippen molar-refractivity contribution in [2.75, 3.05) is 23.5 Å². The lowest BCUT2D eigenvalue weighted by Crippen LogP contribution is -2.41. The second kappa shape index (κ2) is 13.9. The Morgan fingerprint density at radius 3 is 2.43 bits per heavy atom. The summed E-state index contributed by atoms with van der Waals surface area (Å²) in [4.78, 5) is 18.5. The number of anilines is 2.